The van der Waals surface area contributed by atoms with Crippen LogP contribution in [0, 0.1) is 36.9 Å². The Morgan fingerprint density at radius 3 is 1.74 bits per heavy atom. The van der Waals surface area contributed by atoms with Gasteiger partial charge in [0.05, 0.1) is 46.2 Å². The van der Waals surface area contributed by atoms with E-state index in [0.717, 1.165) is 57.6 Å². The molecule has 0 amide bonds. The maximum absolute atomic E-state index is 11.1. The summed E-state index contributed by atoms with van der Waals surface area (Å²) < 4.78 is 5.44. The normalized spacial score (nSPS) is 12.6. The second-order valence-electron chi connectivity index (χ2n) is 11.3. The van der Waals surface area contributed by atoms with E-state index in [1.165, 1.54) is 11.1 Å². The van der Waals surface area contributed by atoms with E-state index >= 15 is 0 Å². The summed E-state index contributed by atoms with van der Waals surface area (Å²) in [6.45, 7) is 7.96. The van der Waals surface area contributed by atoms with Gasteiger partial charge in [-0.15, -0.1) is 11.0 Å². The van der Waals surface area contributed by atoms with E-state index in [-0.39, 0.29) is 50.1 Å². The van der Waals surface area contributed by atoms with Crippen LogP contribution in [0.25, 0.3) is 44.4 Å². The van der Waals surface area contributed by atoms with Gasteiger partial charge >= 0.3 is 5.97 Å². The zero-order valence-electron chi connectivity index (χ0n) is 27.1. The Morgan fingerprint density at radius 2 is 1.28 bits per heavy atom. The number of aryl methyl sites for hydroxylation is 2. The summed E-state index contributed by atoms with van der Waals surface area (Å²) in [5.41, 5.74) is 12.2. The molecule has 0 atom stereocenters. The maximum atomic E-state index is 11.1. The second kappa shape index (κ2) is 16.6. The van der Waals surface area contributed by atoms with Crippen molar-refractivity contribution in [1.29, 1.82) is 0 Å². The third kappa shape index (κ3) is 8.17. The number of hydrogen-bond donors (Lipinski definition) is 3. The molecule has 2 aliphatic heterocycles. The van der Waals surface area contributed by atoms with Gasteiger partial charge in [-0.25, -0.2) is 14.8 Å². The van der Waals surface area contributed by atoms with Crippen LogP contribution in [-0.2, 0) is 17.6 Å². The van der Waals surface area contributed by atoms with Crippen LogP contribution < -0.4 is 9.72 Å². The van der Waals surface area contributed by atoms with Gasteiger partial charge in [0.25, 0.3) is 0 Å². The molecule has 6 bridgehead atoms. The SMILES string of the molecule is CCc1c(CC)c2cc3nc(cnc4cc(OCC(=O)O)ccc4ncc4nc(cc1[n-]2)C(CCCO)=C4C)C(C)=C3CCCO.[Lu]. The molecule has 2 aliphatic rings. The number of rotatable bonds is 11. The molecule has 3 N–H and O–H groups in total. The van der Waals surface area contributed by atoms with Gasteiger partial charge < -0.3 is 25.0 Å². The zero-order chi connectivity index (χ0) is 32.8. The van der Waals surface area contributed by atoms with E-state index in [4.69, 9.17) is 34.8 Å². The van der Waals surface area contributed by atoms with Crippen molar-refractivity contribution < 1.29 is 61.7 Å². The molecule has 255 valence electrons. The predicted octanol–water partition coefficient (Wildman–Crippen LogP) is 5.96. The standard InChI is InChI=1S/C36H41N5O5.Lu/c1-5-24-25(6-2)30-17-32-27(10-8-14-43)22(4)35(41-32)19-38-33-15-23(46-20-36(44)45)11-12-28(33)37-18-34-21(3)26(9-7-13-42)31(40-34)16-29(24)39-30;/h11-12,15-19,42-43H,5-10,13-14,20H2,1-4H3,(H2,37,38,39,40,41,44,45);/p-1. The van der Waals surface area contributed by atoms with Gasteiger partial charge in [0.2, 0.25) is 0 Å². The van der Waals surface area contributed by atoms with Crippen molar-refractivity contribution in [1.82, 2.24) is 24.9 Å². The number of allylic oxidation sites excluding steroid dienone is 4. The van der Waals surface area contributed by atoms with Crippen LogP contribution >= 0.6 is 0 Å². The van der Waals surface area contributed by atoms with Gasteiger partial charge in [-0.1, -0.05) is 37.1 Å². The van der Waals surface area contributed by atoms with E-state index in [1.807, 2.05) is 19.9 Å². The smallest absolute Gasteiger partial charge is 0.341 e. The predicted molar refractivity (Wildman–Crippen MR) is 180 cm³/mol. The van der Waals surface area contributed by atoms with Crippen molar-refractivity contribution in [2.45, 2.75) is 66.2 Å². The summed E-state index contributed by atoms with van der Waals surface area (Å²) in [4.78, 5) is 35.8. The minimum Gasteiger partial charge on any atom is -0.657 e. The number of hydrogen-bond acceptors (Lipinski definition) is 8. The Kier molecular flexibility index (Phi) is 12.9. The number of benzene rings is 1. The molecule has 11 heteroatoms. The third-order valence-electron chi connectivity index (χ3n) is 8.38. The molecule has 47 heavy (non-hydrogen) atoms. The molecule has 10 nitrogen and oxygen atoms in total. The van der Waals surface area contributed by atoms with Crippen LogP contribution in [0.15, 0.2) is 42.7 Å². The molecule has 0 saturated heterocycles. The summed E-state index contributed by atoms with van der Waals surface area (Å²) in [5, 5.41) is 28.4. The number of ether oxygens (including phenoxy) is 1. The summed E-state index contributed by atoms with van der Waals surface area (Å²) in [6, 6.07) is 9.15. The van der Waals surface area contributed by atoms with E-state index in [0.29, 0.717) is 53.9 Å². The molecule has 0 unspecified atom stereocenters. The second-order valence-corrected chi connectivity index (χ2v) is 11.3. The van der Waals surface area contributed by atoms with E-state index in [2.05, 4.69) is 19.9 Å². The van der Waals surface area contributed by atoms with Crippen molar-refractivity contribution in [3.63, 3.8) is 0 Å². The molecule has 3 aromatic rings. The van der Waals surface area contributed by atoms with Crippen LogP contribution in [0.4, 0.5) is 0 Å². The summed E-state index contributed by atoms with van der Waals surface area (Å²) in [5.74, 6) is -0.724. The molecule has 0 spiro atoms. The number of carboxylic acid groups (broad SMARTS) is 1. The largest absolute Gasteiger partial charge is 0.657 e. The fraction of sp³-hybridized carbons (Fsp3) is 0.361. The van der Waals surface area contributed by atoms with E-state index in [9.17, 15) is 15.0 Å². The fourth-order valence-corrected chi connectivity index (χ4v) is 5.96. The number of aliphatic hydroxyl groups is 2. The Labute approximate surface area is 303 Å². The molecule has 2 aromatic heterocycles. The number of carboxylic acids is 1. The van der Waals surface area contributed by atoms with Crippen LogP contribution in [0.2, 0.25) is 0 Å². The number of aliphatic hydroxyl groups excluding tert-OH is 2. The molecule has 0 fully saturated rings. The first-order chi connectivity index (χ1) is 22.3. The molecular formula is C36H40LuN5O5-. The number of aliphatic carboxylic acids is 1. The Morgan fingerprint density at radius 1 is 0.766 bits per heavy atom. The van der Waals surface area contributed by atoms with Crippen molar-refractivity contribution >= 4 is 50.3 Å². The van der Waals surface area contributed by atoms with Crippen molar-refractivity contribution in [3.05, 3.63) is 76.6 Å². The third-order valence-corrected chi connectivity index (χ3v) is 8.38. The van der Waals surface area contributed by atoms with Crippen molar-refractivity contribution in [2.24, 2.45) is 0 Å². The summed E-state index contributed by atoms with van der Waals surface area (Å²) >= 11 is 0. The number of nitrogens with zero attached hydrogens (tertiary/aromatic N) is 5. The summed E-state index contributed by atoms with van der Waals surface area (Å²) in [6.07, 6.45) is 7.54. The topological polar surface area (TPSA) is 153 Å². The van der Waals surface area contributed by atoms with Gasteiger partial charge in [0.1, 0.15) is 5.75 Å². The Balaban J connectivity index is 0.00000500. The van der Waals surface area contributed by atoms with Crippen molar-refractivity contribution in [2.75, 3.05) is 19.8 Å². The number of aromatic nitrogens is 5. The molecule has 1 radical (unpaired) electrons. The first-order valence-corrected chi connectivity index (χ1v) is 15.8. The minimum atomic E-state index is -1.08. The summed E-state index contributed by atoms with van der Waals surface area (Å²) in [7, 11) is 0. The monoisotopic (exact) mass is 797 g/mol. The Bertz CT molecular complexity index is 1920. The molecule has 4 heterocycles. The quantitative estimate of drug-likeness (QED) is 0.212. The van der Waals surface area contributed by atoms with Crippen molar-refractivity contribution in [3.8, 4) is 5.75 Å². The molecule has 0 aliphatic carbocycles. The first-order valence-electron chi connectivity index (χ1n) is 15.8. The average Bonchev–Trinajstić information content (AvgIpc) is 3.64. The van der Waals surface area contributed by atoms with Gasteiger partial charge in [-0.05, 0) is 86.8 Å². The van der Waals surface area contributed by atoms with Gasteiger partial charge in [0.15, 0.2) is 6.61 Å². The van der Waals surface area contributed by atoms with E-state index < -0.39 is 12.6 Å². The van der Waals surface area contributed by atoms with Gasteiger partial charge in [-0.2, -0.15) is 0 Å². The van der Waals surface area contributed by atoms with Crippen LogP contribution in [-0.4, -0.2) is 61.0 Å². The zero-order valence-corrected chi connectivity index (χ0v) is 28.7. The van der Waals surface area contributed by atoms with E-state index in [1.54, 1.807) is 30.6 Å². The van der Waals surface area contributed by atoms with Gasteiger partial charge in [-0.3, -0.25) is 9.97 Å². The fourth-order valence-electron chi connectivity index (χ4n) is 5.96. The average molecular weight is 798 g/mol. The van der Waals surface area contributed by atoms with Crippen LogP contribution in [0.3, 0.4) is 0 Å². The minimum absolute atomic E-state index is 0. The maximum Gasteiger partial charge on any atom is 0.341 e. The molecule has 5 rings (SSSR count). The molecular weight excluding hydrogens is 757 g/mol. The van der Waals surface area contributed by atoms with Gasteiger partial charge in [0, 0.05) is 56.2 Å². The molecule has 1 aromatic carbocycles. The van der Waals surface area contributed by atoms with Crippen LogP contribution in [0.5, 0.6) is 5.75 Å². The number of carbonyl (C=O) groups is 1. The first kappa shape index (κ1) is 36.4. The number of fused-ring (bicyclic) bond motifs is 7. The molecule has 0 saturated carbocycles. The Hall–Kier alpha value is -3.44. The van der Waals surface area contributed by atoms with Crippen LogP contribution in [0.1, 0.15) is 87.3 Å².